The van der Waals surface area contributed by atoms with Gasteiger partial charge in [0.25, 0.3) is 0 Å². The van der Waals surface area contributed by atoms with Crippen molar-refractivity contribution in [2.24, 2.45) is 17.6 Å². The van der Waals surface area contributed by atoms with Gasteiger partial charge in [0.05, 0.1) is 0 Å². The van der Waals surface area contributed by atoms with Crippen molar-refractivity contribution in [2.75, 3.05) is 0 Å². The van der Waals surface area contributed by atoms with Crippen molar-refractivity contribution in [1.82, 2.24) is 0 Å². The monoisotopic (exact) mass is 185 g/mol. The molecule has 0 spiro atoms. The van der Waals surface area contributed by atoms with Gasteiger partial charge in [-0.05, 0) is 18.3 Å². The second kappa shape index (κ2) is 7.37. The van der Waals surface area contributed by atoms with E-state index < -0.39 is 0 Å². The highest BCUT2D eigenvalue weighted by molar-refractivity contribution is 4.70. The maximum atomic E-state index is 6.13. The minimum Gasteiger partial charge on any atom is -0.327 e. The third kappa shape index (κ3) is 6.09. The van der Waals surface area contributed by atoms with Crippen LogP contribution in [-0.2, 0) is 0 Å². The third-order valence-corrected chi connectivity index (χ3v) is 2.97. The maximum Gasteiger partial charge on any atom is 0.00669 e. The number of hydrogen-bond acceptors (Lipinski definition) is 1. The molecule has 0 aromatic rings. The molecule has 1 unspecified atom stereocenters. The van der Waals surface area contributed by atoms with Crippen LogP contribution in [0.15, 0.2) is 0 Å². The van der Waals surface area contributed by atoms with Gasteiger partial charge < -0.3 is 5.73 Å². The normalized spacial score (nSPS) is 14.1. The molecule has 1 atom stereocenters. The molecule has 13 heavy (non-hydrogen) atoms. The fraction of sp³-hybridized carbons (Fsp3) is 1.00. The van der Waals surface area contributed by atoms with Gasteiger partial charge in [-0.25, -0.2) is 0 Å². The lowest BCUT2D eigenvalue weighted by molar-refractivity contribution is 0.360. The van der Waals surface area contributed by atoms with Gasteiger partial charge in [-0.3, -0.25) is 0 Å². The Kier molecular flexibility index (Phi) is 7.35. The molecule has 1 nitrogen and oxygen atoms in total. The first kappa shape index (κ1) is 13.0. The number of nitrogens with two attached hydrogens (primary N) is 1. The van der Waals surface area contributed by atoms with E-state index in [1.54, 1.807) is 0 Å². The van der Waals surface area contributed by atoms with E-state index in [1.165, 1.54) is 32.1 Å². The topological polar surface area (TPSA) is 26.0 Å². The van der Waals surface area contributed by atoms with Gasteiger partial charge in [-0.2, -0.15) is 0 Å². The Labute approximate surface area is 84.1 Å². The van der Waals surface area contributed by atoms with E-state index in [0.29, 0.717) is 6.04 Å². The SMILES string of the molecule is CCC(CC)C(N)CCCC(C)C. The number of rotatable bonds is 7. The Balaban J connectivity index is 3.53. The van der Waals surface area contributed by atoms with Crippen molar-refractivity contribution in [3.63, 3.8) is 0 Å². The molecule has 0 radical (unpaired) electrons. The van der Waals surface area contributed by atoms with Crippen molar-refractivity contribution < 1.29 is 0 Å². The van der Waals surface area contributed by atoms with Gasteiger partial charge >= 0.3 is 0 Å². The average Bonchev–Trinajstić information content (AvgIpc) is 2.05. The van der Waals surface area contributed by atoms with Crippen LogP contribution in [0.25, 0.3) is 0 Å². The van der Waals surface area contributed by atoms with Gasteiger partial charge in [-0.15, -0.1) is 0 Å². The maximum absolute atomic E-state index is 6.13. The van der Waals surface area contributed by atoms with Crippen LogP contribution in [0.1, 0.15) is 59.8 Å². The summed E-state index contributed by atoms with van der Waals surface area (Å²) in [7, 11) is 0. The van der Waals surface area contributed by atoms with Gasteiger partial charge in [0.2, 0.25) is 0 Å². The van der Waals surface area contributed by atoms with E-state index in [0.717, 1.165) is 11.8 Å². The Hall–Kier alpha value is -0.0400. The smallest absolute Gasteiger partial charge is 0.00669 e. The van der Waals surface area contributed by atoms with Crippen LogP contribution in [0, 0.1) is 11.8 Å². The van der Waals surface area contributed by atoms with Crippen molar-refractivity contribution in [3.8, 4) is 0 Å². The average molecular weight is 185 g/mol. The Morgan fingerprint density at radius 3 is 1.92 bits per heavy atom. The summed E-state index contributed by atoms with van der Waals surface area (Å²) in [6.07, 6.45) is 6.31. The zero-order valence-corrected chi connectivity index (χ0v) is 9.84. The first-order valence-electron chi connectivity index (χ1n) is 5.87. The van der Waals surface area contributed by atoms with Crippen LogP contribution in [-0.4, -0.2) is 6.04 Å². The lowest BCUT2D eigenvalue weighted by atomic mass is 9.90. The highest BCUT2D eigenvalue weighted by Gasteiger charge is 2.13. The van der Waals surface area contributed by atoms with E-state index in [9.17, 15) is 0 Å². The van der Waals surface area contributed by atoms with E-state index >= 15 is 0 Å². The summed E-state index contributed by atoms with van der Waals surface area (Å²) in [5, 5.41) is 0. The second-order valence-electron chi connectivity index (χ2n) is 4.57. The molecule has 0 aliphatic rings. The summed E-state index contributed by atoms with van der Waals surface area (Å²) in [5.74, 6) is 1.57. The van der Waals surface area contributed by atoms with E-state index in [1.807, 2.05) is 0 Å². The molecule has 0 aromatic heterocycles. The van der Waals surface area contributed by atoms with E-state index in [4.69, 9.17) is 5.73 Å². The first-order valence-corrected chi connectivity index (χ1v) is 5.87. The van der Waals surface area contributed by atoms with Gasteiger partial charge in [0, 0.05) is 6.04 Å². The van der Waals surface area contributed by atoms with Crippen molar-refractivity contribution >= 4 is 0 Å². The highest BCUT2D eigenvalue weighted by atomic mass is 14.6. The minimum absolute atomic E-state index is 0.439. The fourth-order valence-corrected chi connectivity index (χ4v) is 1.89. The molecule has 0 heterocycles. The largest absolute Gasteiger partial charge is 0.327 e. The summed E-state index contributed by atoms with van der Waals surface area (Å²) in [6.45, 7) is 9.05. The molecular weight excluding hydrogens is 158 g/mol. The Bertz CT molecular complexity index is 106. The van der Waals surface area contributed by atoms with Gasteiger partial charge in [-0.1, -0.05) is 53.4 Å². The van der Waals surface area contributed by atoms with Gasteiger partial charge in [0.15, 0.2) is 0 Å². The van der Waals surface area contributed by atoms with E-state index in [2.05, 4.69) is 27.7 Å². The van der Waals surface area contributed by atoms with Crippen LogP contribution in [0.4, 0.5) is 0 Å². The van der Waals surface area contributed by atoms with Gasteiger partial charge in [0.1, 0.15) is 0 Å². The summed E-state index contributed by atoms with van der Waals surface area (Å²) in [6, 6.07) is 0.439. The summed E-state index contributed by atoms with van der Waals surface area (Å²) >= 11 is 0. The van der Waals surface area contributed by atoms with Crippen molar-refractivity contribution in [2.45, 2.75) is 65.8 Å². The Morgan fingerprint density at radius 1 is 1.00 bits per heavy atom. The number of hydrogen-bond donors (Lipinski definition) is 1. The van der Waals surface area contributed by atoms with Crippen LogP contribution >= 0.6 is 0 Å². The molecular formula is C12H27N. The van der Waals surface area contributed by atoms with E-state index in [-0.39, 0.29) is 0 Å². The summed E-state index contributed by atoms with van der Waals surface area (Å²) < 4.78 is 0. The van der Waals surface area contributed by atoms with Crippen LogP contribution in [0.2, 0.25) is 0 Å². The molecule has 0 aliphatic heterocycles. The van der Waals surface area contributed by atoms with Crippen LogP contribution < -0.4 is 5.73 Å². The second-order valence-corrected chi connectivity index (χ2v) is 4.57. The lowest BCUT2D eigenvalue weighted by Gasteiger charge is -2.21. The molecule has 0 fully saturated rings. The molecule has 1 heteroatoms. The molecule has 0 aliphatic carbocycles. The molecule has 0 saturated carbocycles. The molecule has 0 rings (SSSR count). The third-order valence-electron chi connectivity index (χ3n) is 2.97. The lowest BCUT2D eigenvalue weighted by Crippen LogP contribution is -2.29. The van der Waals surface area contributed by atoms with Crippen LogP contribution in [0.5, 0.6) is 0 Å². The summed E-state index contributed by atoms with van der Waals surface area (Å²) in [4.78, 5) is 0. The Morgan fingerprint density at radius 2 is 1.54 bits per heavy atom. The molecule has 2 N–H and O–H groups in total. The minimum atomic E-state index is 0.439. The molecule has 0 aromatic carbocycles. The van der Waals surface area contributed by atoms with Crippen molar-refractivity contribution in [1.29, 1.82) is 0 Å². The molecule has 0 amide bonds. The quantitative estimate of drug-likeness (QED) is 0.644. The predicted molar refractivity (Wildman–Crippen MR) is 60.7 cm³/mol. The zero-order valence-electron chi connectivity index (χ0n) is 9.84. The zero-order chi connectivity index (χ0) is 10.3. The van der Waals surface area contributed by atoms with Crippen molar-refractivity contribution in [3.05, 3.63) is 0 Å². The first-order chi connectivity index (χ1) is 6.11. The molecule has 0 saturated heterocycles. The van der Waals surface area contributed by atoms with Crippen LogP contribution in [0.3, 0.4) is 0 Å². The fourth-order valence-electron chi connectivity index (χ4n) is 1.89. The predicted octanol–water partition coefficient (Wildman–Crippen LogP) is 3.58. The highest BCUT2D eigenvalue weighted by Crippen LogP contribution is 2.17. The standard InChI is InChI=1S/C12H27N/c1-5-11(6-2)12(13)9-7-8-10(3)4/h10-12H,5-9,13H2,1-4H3. The molecule has 0 bridgehead atoms. The molecule has 80 valence electrons. The summed E-state index contributed by atoms with van der Waals surface area (Å²) in [5.41, 5.74) is 6.13.